The van der Waals surface area contributed by atoms with Gasteiger partial charge in [-0.05, 0) is 36.2 Å². The zero-order valence-corrected chi connectivity index (χ0v) is 12.7. The van der Waals surface area contributed by atoms with Gasteiger partial charge in [0, 0.05) is 5.39 Å². The number of rotatable bonds is 5. The molecule has 0 bridgehead atoms. The van der Waals surface area contributed by atoms with Crippen molar-refractivity contribution in [2.75, 3.05) is 6.61 Å². The molecule has 3 rings (SSSR count). The molecule has 3 aromatic rings. The molecule has 0 atom stereocenters. The summed E-state index contributed by atoms with van der Waals surface area (Å²) in [6.45, 7) is 1.70. The molecule has 0 radical (unpaired) electrons. The molecule has 2 aromatic carbocycles. The lowest BCUT2D eigenvalue weighted by Crippen LogP contribution is -2.13. The van der Waals surface area contributed by atoms with Crippen molar-refractivity contribution in [1.29, 1.82) is 0 Å². The standard InChI is InChI=1S/C19H16O4/c1-2-13-7-9-14(10-8-13)19(21)22-12-16(20)18-11-15-5-3-4-6-17(15)23-18/h3-11H,2,12H2,1H3. The van der Waals surface area contributed by atoms with Crippen molar-refractivity contribution in [2.24, 2.45) is 0 Å². The van der Waals surface area contributed by atoms with Gasteiger partial charge in [0.05, 0.1) is 5.56 Å². The molecule has 0 fully saturated rings. The van der Waals surface area contributed by atoms with E-state index in [2.05, 4.69) is 0 Å². The van der Waals surface area contributed by atoms with Gasteiger partial charge in [-0.25, -0.2) is 4.79 Å². The first-order valence-electron chi connectivity index (χ1n) is 7.45. The maximum Gasteiger partial charge on any atom is 0.338 e. The maximum atomic E-state index is 12.1. The first-order valence-corrected chi connectivity index (χ1v) is 7.45. The van der Waals surface area contributed by atoms with Gasteiger partial charge >= 0.3 is 5.97 Å². The number of para-hydroxylation sites is 1. The fourth-order valence-corrected chi connectivity index (χ4v) is 2.28. The van der Waals surface area contributed by atoms with E-state index in [9.17, 15) is 9.59 Å². The van der Waals surface area contributed by atoms with Gasteiger partial charge < -0.3 is 9.15 Å². The molecular formula is C19H16O4. The smallest absolute Gasteiger partial charge is 0.338 e. The second kappa shape index (κ2) is 6.48. The van der Waals surface area contributed by atoms with Crippen LogP contribution in [0.15, 0.2) is 59.0 Å². The monoisotopic (exact) mass is 308 g/mol. The summed E-state index contributed by atoms with van der Waals surface area (Å²) in [7, 11) is 0. The number of hydrogen-bond acceptors (Lipinski definition) is 4. The van der Waals surface area contributed by atoms with Crippen molar-refractivity contribution in [3.63, 3.8) is 0 Å². The molecule has 0 aliphatic heterocycles. The number of carbonyl (C=O) groups is 2. The summed E-state index contributed by atoms with van der Waals surface area (Å²) in [5.74, 6) is -0.683. The summed E-state index contributed by atoms with van der Waals surface area (Å²) < 4.78 is 10.5. The molecule has 1 heterocycles. The lowest BCUT2D eigenvalue weighted by atomic mass is 10.1. The molecule has 0 saturated heterocycles. The predicted molar refractivity (Wildman–Crippen MR) is 86.6 cm³/mol. The van der Waals surface area contributed by atoms with E-state index in [4.69, 9.17) is 9.15 Å². The SMILES string of the molecule is CCc1ccc(C(=O)OCC(=O)c2cc3ccccc3o2)cc1. The Morgan fingerprint density at radius 2 is 1.78 bits per heavy atom. The molecule has 23 heavy (non-hydrogen) atoms. The Morgan fingerprint density at radius 3 is 2.48 bits per heavy atom. The number of benzene rings is 2. The van der Waals surface area contributed by atoms with Gasteiger partial charge in [-0.2, -0.15) is 0 Å². The van der Waals surface area contributed by atoms with Crippen LogP contribution in [0.4, 0.5) is 0 Å². The highest BCUT2D eigenvalue weighted by Crippen LogP contribution is 2.19. The molecule has 0 aliphatic rings. The van der Waals surface area contributed by atoms with Crippen LogP contribution in [0.2, 0.25) is 0 Å². The van der Waals surface area contributed by atoms with Crippen molar-refractivity contribution in [1.82, 2.24) is 0 Å². The largest absolute Gasteiger partial charge is 0.454 e. The van der Waals surface area contributed by atoms with Crippen molar-refractivity contribution in [3.05, 3.63) is 71.5 Å². The topological polar surface area (TPSA) is 56.5 Å². The van der Waals surface area contributed by atoms with Crippen molar-refractivity contribution in [3.8, 4) is 0 Å². The first kappa shape index (κ1) is 15.0. The van der Waals surface area contributed by atoms with E-state index in [1.54, 1.807) is 24.3 Å². The molecular weight excluding hydrogens is 292 g/mol. The Bertz CT molecular complexity index is 810. The van der Waals surface area contributed by atoms with E-state index in [0.717, 1.165) is 17.4 Å². The van der Waals surface area contributed by atoms with Gasteiger partial charge in [-0.3, -0.25) is 4.79 Å². The first-order chi connectivity index (χ1) is 11.2. The summed E-state index contributed by atoms with van der Waals surface area (Å²) in [6, 6.07) is 16.1. The number of esters is 1. The molecule has 4 heteroatoms. The highest BCUT2D eigenvalue weighted by Gasteiger charge is 2.15. The second-order valence-corrected chi connectivity index (χ2v) is 5.20. The van der Waals surface area contributed by atoms with Crippen LogP contribution in [0, 0.1) is 0 Å². The third kappa shape index (κ3) is 3.31. The van der Waals surface area contributed by atoms with E-state index in [1.807, 2.05) is 37.3 Å². The molecule has 1 aromatic heterocycles. The van der Waals surface area contributed by atoms with Gasteiger partial charge in [-0.15, -0.1) is 0 Å². The lowest BCUT2D eigenvalue weighted by molar-refractivity contribution is 0.0468. The van der Waals surface area contributed by atoms with E-state index in [-0.39, 0.29) is 18.2 Å². The summed E-state index contributed by atoms with van der Waals surface area (Å²) in [6.07, 6.45) is 0.903. The van der Waals surface area contributed by atoms with Crippen molar-refractivity contribution in [2.45, 2.75) is 13.3 Å². The van der Waals surface area contributed by atoms with E-state index >= 15 is 0 Å². The highest BCUT2D eigenvalue weighted by molar-refractivity contribution is 6.00. The average Bonchev–Trinajstić information content (AvgIpc) is 3.03. The zero-order valence-electron chi connectivity index (χ0n) is 12.7. The fourth-order valence-electron chi connectivity index (χ4n) is 2.28. The van der Waals surface area contributed by atoms with Crippen LogP contribution in [-0.4, -0.2) is 18.4 Å². The van der Waals surface area contributed by atoms with Crippen molar-refractivity contribution >= 4 is 22.7 Å². The Kier molecular flexibility index (Phi) is 4.24. The van der Waals surface area contributed by atoms with Crippen LogP contribution in [-0.2, 0) is 11.2 Å². The number of ether oxygens (including phenoxy) is 1. The molecule has 116 valence electrons. The molecule has 0 spiro atoms. The van der Waals surface area contributed by atoms with Crippen LogP contribution < -0.4 is 0 Å². The van der Waals surface area contributed by atoms with E-state index in [1.165, 1.54) is 0 Å². The van der Waals surface area contributed by atoms with Gasteiger partial charge in [0.1, 0.15) is 5.58 Å². The minimum Gasteiger partial charge on any atom is -0.454 e. The number of Topliss-reactive ketones (excluding diaryl/α,β-unsaturated/α-hetero) is 1. The molecule has 0 amide bonds. The minimum absolute atomic E-state index is 0.195. The molecule has 4 nitrogen and oxygen atoms in total. The highest BCUT2D eigenvalue weighted by atomic mass is 16.5. The third-order valence-corrected chi connectivity index (χ3v) is 3.63. The predicted octanol–water partition coefficient (Wildman–Crippen LogP) is 4.03. The zero-order chi connectivity index (χ0) is 16.2. The number of aryl methyl sites for hydroxylation is 1. The fraction of sp³-hybridized carbons (Fsp3) is 0.158. The maximum absolute atomic E-state index is 12.1. The number of fused-ring (bicyclic) bond motifs is 1. The summed E-state index contributed by atoms with van der Waals surface area (Å²) >= 11 is 0. The van der Waals surface area contributed by atoms with Crippen LogP contribution in [0.5, 0.6) is 0 Å². The number of furan rings is 1. The quantitative estimate of drug-likeness (QED) is 0.527. The molecule has 0 saturated carbocycles. The van der Waals surface area contributed by atoms with Crippen LogP contribution in [0.3, 0.4) is 0 Å². The van der Waals surface area contributed by atoms with Crippen LogP contribution in [0.1, 0.15) is 33.4 Å². The van der Waals surface area contributed by atoms with E-state index < -0.39 is 5.97 Å². The van der Waals surface area contributed by atoms with Crippen molar-refractivity contribution < 1.29 is 18.7 Å². The third-order valence-electron chi connectivity index (χ3n) is 3.63. The molecule has 0 N–H and O–H groups in total. The minimum atomic E-state index is -0.517. The van der Waals surface area contributed by atoms with Gasteiger partial charge in [0.15, 0.2) is 12.4 Å². The lowest BCUT2D eigenvalue weighted by Gasteiger charge is -2.04. The number of carbonyl (C=O) groups excluding carboxylic acids is 2. The molecule has 0 unspecified atom stereocenters. The van der Waals surface area contributed by atoms with E-state index in [0.29, 0.717) is 11.1 Å². The average molecular weight is 308 g/mol. The van der Waals surface area contributed by atoms with Crippen LogP contribution >= 0.6 is 0 Å². The second-order valence-electron chi connectivity index (χ2n) is 5.20. The summed E-state index contributed by atoms with van der Waals surface area (Å²) in [5.41, 5.74) is 2.21. The Balaban J connectivity index is 1.64. The Morgan fingerprint density at radius 1 is 1.04 bits per heavy atom. The number of hydrogen-bond donors (Lipinski definition) is 0. The van der Waals surface area contributed by atoms with Crippen LogP contribution in [0.25, 0.3) is 11.0 Å². The van der Waals surface area contributed by atoms with Gasteiger partial charge in [0.2, 0.25) is 5.78 Å². The summed E-state index contributed by atoms with van der Waals surface area (Å²) in [5, 5.41) is 0.845. The Labute approximate surface area is 133 Å². The van der Waals surface area contributed by atoms with Gasteiger partial charge in [0.25, 0.3) is 0 Å². The Hall–Kier alpha value is -2.88. The normalized spacial score (nSPS) is 10.7. The summed E-state index contributed by atoms with van der Waals surface area (Å²) in [4.78, 5) is 24.0. The molecule has 0 aliphatic carbocycles. The number of ketones is 1. The van der Waals surface area contributed by atoms with Gasteiger partial charge in [-0.1, -0.05) is 37.3 Å².